The Morgan fingerprint density at radius 2 is 1.33 bits per heavy atom. The lowest BCUT2D eigenvalue weighted by Gasteiger charge is -2.12. The molecule has 3 N–H and O–H groups in total. The van der Waals surface area contributed by atoms with E-state index in [1.807, 2.05) is 56.3 Å². The van der Waals surface area contributed by atoms with Crippen molar-refractivity contribution in [3.05, 3.63) is 95.1 Å². The topological polar surface area (TPSA) is 70.2 Å². The molecule has 0 radical (unpaired) electrons. The lowest BCUT2D eigenvalue weighted by Crippen LogP contribution is -2.35. The smallest absolute Gasteiger partial charge is 0.255 e. The Kier molecular flexibility index (Phi) is 6.93. The molecule has 0 fully saturated rings. The van der Waals surface area contributed by atoms with Gasteiger partial charge in [-0.05, 0) is 73.1 Å². The third-order valence-electron chi connectivity index (χ3n) is 4.66. The number of amides is 2. The number of aryl methyl sites for hydroxylation is 2. The van der Waals surface area contributed by atoms with E-state index in [9.17, 15) is 9.59 Å². The van der Waals surface area contributed by atoms with Crippen LogP contribution in [0.1, 0.15) is 27.0 Å². The lowest BCUT2D eigenvalue weighted by molar-refractivity contribution is -0.119. The molecule has 6 heteroatoms. The van der Waals surface area contributed by atoms with Crippen LogP contribution >= 0.6 is 12.2 Å². The fourth-order valence-electron chi connectivity index (χ4n) is 2.98. The Morgan fingerprint density at radius 1 is 0.767 bits per heavy atom. The second kappa shape index (κ2) is 9.80. The summed E-state index contributed by atoms with van der Waals surface area (Å²) in [6.07, 6.45) is 0.262. The zero-order valence-corrected chi connectivity index (χ0v) is 17.7. The number of carbonyl (C=O) groups is 2. The largest absolute Gasteiger partial charge is 0.332 e. The van der Waals surface area contributed by atoms with Crippen LogP contribution in [-0.2, 0) is 11.2 Å². The normalized spacial score (nSPS) is 10.2. The van der Waals surface area contributed by atoms with Gasteiger partial charge >= 0.3 is 0 Å². The van der Waals surface area contributed by atoms with Crippen molar-refractivity contribution in [2.45, 2.75) is 20.3 Å². The second-order valence-electron chi connectivity index (χ2n) is 6.95. The van der Waals surface area contributed by atoms with E-state index < -0.39 is 0 Å². The van der Waals surface area contributed by atoms with Crippen molar-refractivity contribution in [2.75, 3.05) is 10.6 Å². The highest BCUT2D eigenvalue weighted by molar-refractivity contribution is 7.80. The molecule has 5 nitrogen and oxygen atoms in total. The van der Waals surface area contributed by atoms with Gasteiger partial charge in [0.2, 0.25) is 5.91 Å². The van der Waals surface area contributed by atoms with Gasteiger partial charge in [0.05, 0.1) is 6.42 Å². The fraction of sp³-hybridized carbons (Fsp3) is 0.125. The zero-order chi connectivity index (χ0) is 21.5. The van der Waals surface area contributed by atoms with E-state index >= 15 is 0 Å². The number of benzene rings is 3. The van der Waals surface area contributed by atoms with Gasteiger partial charge in [-0.1, -0.05) is 42.5 Å². The van der Waals surface area contributed by atoms with Gasteiger partial charge in [-0.2, -0.15) is 0 Å². The SMILES string of the molecule is Cc1ccccc1CC(=O)NC(=S)Nc1ccc(NC(=O)c2ccccc2C)cc1. The molecule has 0 saturated heterocycles. The Labute approximate surface area is 181 Å². The second-order valence-corrected chi connectivity index (χ2v) is 7.36. The average molecular weight is 418 g/mol. The number of rotatable bonds is 5. The van der Waals surface area contributed by atoms with Gasteiger partial charge in [0.25, 0.3) is 5.91 Å². The molecule has 30 heavy (non-hydrogen) atoms. The number of hydrogen-bond donors (Lipinski definition) is 3. The molecule has 0 aliphatic rings. The molecule has 2 amide bonds. The van der Waals surface area contributed by atoms with E-state index in [1.54, 1.807) is 30.3 Å². The molecule has 3 aromatic rings. The van der Waals surface area contributed by atoms with Crippen LogP contribution in [0.15, 0.2) is 72.8 Å². The molecule has 0 bridgehead atoms. The molecular formula is C24H23N3O2S. The van der Waals surface area contributed by atoms with Crippen molar-refractivity contribution in [3.63, 3.8) is 0 Å². The molecule has 3 aromatic carbocycles. The predicted octanol–water partition coefficient (Wildman–Crippen LogP) is 4.61. The first-order valence-electron chi connectivity index (χ1n) is 9.55. The van der Waals surface area contributed by atoms with Crippen molar-refractivity contribution >= 4 is 40.5 Å². The summed E-state index contributed by atoms with van der Waals surface area (Å²) in [6.45, 7) is 3.87. The summed E-state index contributed by atoms with van der Waals surface area (Å²) >= 11 is 5.23. The minimum Gasteiger partial charge on any atom is -0.332 e. The monoisotopic (exact) mass is 417 g/mol. The maximum atomic E-state index is 12.4. The van der Waals surface area contributed by atoms with E-state index in [2.05, 4.69) is 16.0 Å². The van der Waals surface area contributed by atoms with Crippen LogP contribution in [0.5, 0.6) is 0 Å². The van der Waals surface area contributed by atoms with Crippen LogP contribution < -0.4 is 16.0 Å². The fourth-order valence-corrected chi connectivity index (χ4v) is 3.21. The highest BCUT2D eigenvalue weighted by Crippen LogP contribution is 2.16. The van der Waals surface area contributed by atoms with E-state index in [0.29, 0.717) is 16.9 Å². The van der Waals surface area contributed by atoms with Gasteiger partial charge in [-0.3, -0.25) is 9.59 Å². The predicted molar refractivity (Wildman–Crippen MR) is 125 cm³/mol. The first-order chi connectivity index (χ1) is 14.4. The standard InChI is InChI=1S/C24H23N3O2S/c1-16-7-3-5-9-18(16)15-22(28)27-24(30)26-20-13-11-19(12-14-20)25-23(29)21-10-6-4-8-17(21)2/h3-14H,15H2,1-2H3,(H,25,29)(H2,26,27,28,30). The molecule has 0 unspecified atom stereocenters. The maximum absolute atomic E-state index is 12.4. The number of thiocarbonyl (C=S) groups is 1. The average Bonchev–Trinajstić information content (AvgIpc) is 2.71. The quantitative estimate of drug-likeness (QED) is 0.530. The Balaban J connectivity index is 1.53. The Bertz CT molecular complexity index is 1080. The van der Waals surface area contributed by atoms with Crippen molar-refractivity contribution in [1.29, 1.82) is 0 Å². The third-order valence-corrected chi connectivity index (χ3v) is 4.86. The van der Waals surface area contributed by atoms with Gasteiger partial charge in [0.15, 0.2) is 5.11 Å². The molecule has 0 saturated carbocycles. The van der Waals surface area contributed by atoms with Crippen LogP contribution in [0.2, 0.25) is 0 Å². The van der Waals surface area contributed by atoms with Crippen LogP contribution in [0, 0.1) is 13.8 Å². The number of hydrogen-bond acceptors (Lipinski definition) is 3. The Morgan fingerprint density at radius 3 is 1.97 bits per heavy atom. The van der Waals surface area contributed by atoms with Crippen molar-refractivity contribution in [2.24, 2.45) is 0 Å². The summed E-state index contributed by atoms with van der Waals surface area (Å²) in [7, 11) is 0. The number of anilines is 2. The summed E-state index contributed by atoms with van der Waals surface area (Å²) in [5.74, 6) is -0.336. The number of carbonyl (C=O) groups excluding carboxylic acids is 2. The molecular weight excluding hydrogens is 394 g/mol. The highest BCUT2D eigenvalue weighted by atomic mass is 32.1. The lowest BCUT2D eigenvalue weighted by atomic mass is 10.1. The van der Waals surface area contributed by atoms with E-state index in [4.69, 9.17) is 12.2 Å². The maximum Gasteiger partial charge on any atom is 0.255 e. The molecule has 0 aliphatic heterocycles. The zero-order valence-electron chi connectivity index (χ0n) is 16.9. The van der Waals surface area contributed by atoms with Crippen molar-refractivity contribution in [3.8, 4) is 0 Å². The van der Waals surface area contributed by atoms with Gasteiger partial charge in [0, 0.05) is 16.9 Å². The molecule has 0 heterocycles. The first kappa shape index (κ1) is 21.2. The van der Waals surface area contributed by atoms with E-state index in [-0.39, 0.29) is 23.3 Å². The molecule has 152 valence electrons. The molecule has 0 atom stereocenters. The third kappa shape index (κ3) is 5.75. The van der Waals surface area contributed by atoms with Crippen LogP contribution in [-0.4, -0.2) is 16.9 Å². The van der Waals surface area contributed by atoms with Gasteiger partial charge in [-0.15, -0.1) is 0 Å². The molecule has 3 rings (SSSR count). The number of nitrogens with one attached hydrogen (secondary N) is 3. The molecule has 0 aliphatic carbocycles. The minimum absolute atomic E-state index is 0.159. The summed E-state index contributed by atoms with van der Waals surface area (Å²) in [4.78, 5) is 24.6. The van der Waals surface area contributed by atoms with E-state index in [1.165, 1.54) is 0 Å². The van der Waals surface area contributed by atoms with Crippen LogP contribution in [0.25, 0.3) is 0 Å². The van der Waals surface area contributed by atoms with Gasteiger partial charge in [0.1, 0.15) is 0 Å². The summed E-state index contributed by atoms with van der Waals surface area (Å²) in [5, 5.41) is 8.77. The van der Waals surface area contributed by atoms with Crippen molar-refractivity contribution in [1.82, 2.24) is 5.32 Å². The first-order valence-corrected chi connectivity index (χ1v) is 9.95. The summed E-state index contributed by atoms with van der Waals surface area (Å²) < 4.78 is 0. The van der Waals surface area contributed by atoms with Crippen LogP contribution in [0.3, 0.4) is 0 Å². The summed E-state index contributed by atoms with van der Waals surface area (Å²) in [5.41, 5.74) is 4.96. The van der Waals surface area contributed by atoms with Gasteiger partial charge in [-0.25, -0.2) is 0 Å². The van der Waals surface area contributed by atoms with Crippen LogP contribution in [0.4, 0.5) is 11.4 Å². The molecule has 0 spiro atoms. The van der Waals surface area contributed by atoms with Crippen molar-refractivity contribution < 1.29 is 9.59 Å². The highest BCUT2D eigenvalue weighted by Gasteiger charge is 2.10. The Hall–Kier alpha value is -3.51. The van der Waals surface area contributed by atoms with Gasteiger partial charge < -0.3 is 16.0 Å². The summed E-state index contributed by atoms with van der Waals surface area (Å²) in [6, 6.07) is 22.3. The minimum atomic E-state index is -0.177. The molecule has 0 aromatic heterocycles. The van der Waals surface area contributed by atoms with E-state index in [0.717, 1.165) is 16.7 Å².